The first-order valence-electron chi connectivity index (χ1n) is 13.6. The van der Waals surface area contributed by atoms with Gasteiger partial charge in [0.05, 0.1) is 7.11 Å². The second-order valence-electron chi connectivity index (χ2n) is 11.1. The average Bonchev–Trinajstić information content (AvgIpc) is 2.90. The van der Waals surface area contributed by atoms with Crippen molar-refractivity contribution in [1.82, 2.24) is 10.2 Å². The van der Waals surface area contributed by atoms with Gasteiger partial charge in [-0.1, -0.05) is 64.1 Å². The summed E-state index contributed by atoms with van der Waals surface area (Å²) in [6.07, 6.45) is 10.1. The average molecular weight is 489 g/mol. The maximum absolute atomic E-state index is 9.90. The number of hydrogen-bond donors (Lipinski definition) is 2. The Morgan fingerprint density at radius 2 is 1.86 bits per heavy atom. The standard InChI is InChI=1S/C32H44N2O2/c1-6-33-22-32(3,4)27-13-8-23(9-14-27)21-34(7-2)31-20-29(36-5)16-17-30(31)26-11-10-25-19-28(35)15-12-24(25)18-26/h8-9,12-17,19-20,26,30-31,33,35H,6-7,10-11,18,21-22H2,1-5H3/t26-,30?,31?/m1/s1. The molecule has 2 aromatic carbocycles. The first-order chi connectivity index (χ1) is 17.3. The number of hydrogen-bond acceptors (Lipinski definition) is 4. The molecule has 194 valence electrons. The molecule has 0 aliphatic heterocycles. The minimum atomic E-state index is 0.114. The number of aromatic hydroxyl groups is 1. The number of benzene rings is 2. The van der Waals surface area contributed by atoms with E-state index in [9.17, 15) is 5.11 Å². The summed E-state index contributed by atoms with van der Waals surface area (Å²) in [5.41, 5.74) is 5.53. The molecule has 4 nitrogen and oxygen atoms in total. The molecule has 0 amide bonds. The molecule has 4 heteroatoms. The zero-order valence-electron chi connectivity index (χ0n) is 22.8. The topological polar surface area (TPSA) is 44.7 Å². The van der Waals surface area contributed by atoms with Gasteiger partial charge in [-0.25, -0.2) is 0 Å². The third-order valence-electron chi connectivity index (χ3n) is 8.21. The van der Waals surface area contributed by atoms with E-state index < -0.39 is 0 Å². The van der Waals surface area contributed by atoms with E-state index in [1.165, 1.54) is 22.3 Å². The molecule has 0 radical (unpaired) electrons. The van der Waals surface area contributed by atoms with Crippen molar-refractivity contribution in [2.75, 3.05) is 26.7 Å². The fourth-order valence-corrected chi connectivity index (χ4v) is 5.94. The fraction of sp³-hybridized carbons (Fsp3) is 0.500. The largest absolute Gasteiger partial charge is 0.508 e. The zero-order chi connectivity index (χ0) is 25.7. The number of nitrogens with zero attached hydrogens (tertiary/aromatic N) is 1. The quantitative estimate of drug-likeness (QED) is 0.431. The molecule has 2 unspecified atom stereocenters. The van der Waals surface area contributed by atoms with Crippen molar-refractivity contribution in [3.63, 3.8) is 0 Å². The van der Waals surface area contributed by atoms with Crippen LogP contribution in [0, 0.1) is 11.8 Å². The summed E-state index contributed by atoms with van der Waals surface area (Å²) >= 11 is 0. The minimum Gasteiger partial charge on any atom is -0.508 e. The van der Waals surface area contributed by atoms with Gasteiger partial charge in [0.2, 0.25) is 0 Å². The Morgan fingerprint density at radius 1 is 1.08 bits per heavy atom. The Hall–Kier alpha value is -2.56. The summed E-state index contributed by atoms with van der Waals surface area (Å²) < 4.78 is 5.67. The molecule has 2 aliphatic rings. The third-order valence-corrected chi connectivity index (χ3v) is 8.21. The number of aryl methyl sites for hydroxylation is 1. The number of phenolic OH excluding ortho intramolecular Hbond substituents is 1. The highest BCUT2D eigenvalue weighted by Gasteiger charge is 2.34. The van der Waals surface area contributed by atoms with Crippen LogP contribution in [-0.4, -0.2) is 42.8 Å². The number of rotatable bonds is 10. The van der Waals surface area contributed by atoms with E-state index in [0.29, 0.717) is 23.6 Å². The number of fused-ring (bicyclic) bond motifs is 1. The molecule has 0 fully saturated rings. The molecule has 36 heavy (non-hydrogen) atoms. The molecule has 2 aliphatic carbocycles. The van der Waals surface area contributed by atoms with Gasteiger partial charge in [-0.15, -0.1) is 0 Å². The van der Waals surface area contributed by atoms with E-state index in [-0.39, 0.29) is 5.41 Å². The van der Waals surface area contributed by atoms with Crippen LogP contribution in [0.1, 0.15) is 56.4 Å². The third kappa shape index (κ3) is 6.04. The molecular weight excluding hydrogens is 444 g/mol. The van der Waals surface area contributed by atoms with E-state index in [4.69, 9.17) is 4.74 Å². The van der Waals surface area contributed by atoms with Crippen LogP contribution < -0.4 is 5.32 Å². The smallest absolute Gasteiger partial charge is 0.116 e. The molecule has 4 rings (SSSR count). The van der Waals surface area contributed by atoms with Crippen LogP contribution in [-0.2, 0) is 29.5 Å². The normalized spacial score (nSPS) is 21.8. The highest BCUT2D eigenvalue weighted by atomic mass is 16.5. The summed E-state index contributed by atoms with van der Waals surface area (Å²) in [7, 11) is 1.76. The molecule has 0 heterocycles. The van der Waals surface area contributed by atoms with Gasteiger partial charge in [-0.05, 0) is 90.7 Å². The lowest BCUT2D eigenvalue weighted by atomic mass is 9.72. The van der Waals surface area contributed by atoms with Crippen LogP contribution in [0.3, 0.4) is 0 Å². The van der Waals surface area contributed by atoms with Crippen molar-refractivity contribution < 1.29 is 9.84 Å². The molecule has 2 aromatic rings. The highest BCUT2D eigenvalue weighted by molar-refractivity contribution is 5.37. The number of ether oxygens (including phenoxy) is 1. The van der Waals surface area contributed by atoms with Gasteiger partial charge in [0.1, 0.15) is 11.5 Å². The van der Waals surface area contributed by atoms with Crippen LogP contribution in [0.2, 0.25) is 0 Å². The second-order valence-corrected chi connectivity index (χ2v) is 11.1. The van der Waals surface area contributed by atoms with Crippen LogP contribution >= 0.6 is 0 Å². The van der Waals surface area contributed by atoms with Gasteiger partial charge in [0.25, 0.3) is 0 Å². The van der Waals surface area contributed by atoms with Gasteiger partial charge in [-0.3, -0.25) is 4.90 Å². The van der Waals surface area contributed by atoms with Gasteiger partial charge in [-0.2, -0.15) is 0 Å². The van der Waals surface area contributed by atoms with E-state index in [2.05, 4.69) is 86.5 Å². The molecule has 0 spiro atoms. The SMILES string of the molecule is CCNCC(C)(C)c1ccc(CN(CC)C2C=C(OC)C=CC2[C@@H]2CCc3cc(O)ccc3C2)cc1. The fourth-order valence-electron chi connectivity index (χ4n) is 5.94. The Kier molecular flexibility index (Phi) is 8.58. The van der Waals surface area contributed by atoms with Crippen molar-refractivity contribution in [1.29, 1.82) is 0 Å². The Morgan fingerprint density at radius 3 is 2.56 bits per heavy atom. The van der Waals surface area contributed by atoms with Crippen molar-refractivity contribution in [2.24, 2.45) is 11.8 Å². The number of nitrogens with one attached hydrogen (secondary N) is 1. The Labute approximate surface area is 218 Å². The predicted octanol–water partition coefficient (Wildman–Crippen LogP) is 5.99. The van der Waals surface area contributed by atoms with Crippen molar-refractivity contribution in [2.45, 2.75) is 65.0 Å². The van der Waals surface area contributed by atoms with Crippen molar-refractivity contribution in [3.8, 4) is 5.75 Å². The van der Waals surface area contributed by atoms with E-state index in [1.54, 1.807) is 7.11 Å². The number of allylic oxidation sites excluding steroid dienone is 1. The Bertz CT molecular complexity index is 1070. The molecule has 2 N–H and O–H groups in total. The van der Waals surface area contributed by atoms with Gasteiger partial charge in [0, 0.05) is 24.5 Å². The molecule has 3 atom stereocenters. The van der Waals surface area contributed by atoms with Crippen LogP contribution in [0.15, 0.2) is 66.5 Å². The van der Waals surface area contributed by atoms with E-state index >= 15 is 0 Å². The number of methoxy groups -OCH3 is 1. The maximum Gasteiger partial charge on any atom is 0.116 e. The second kappa shape index (κ2) is 11.7. The summed E-state index contributed by atoms with van der Waals surface area (Å²) in [5, 5.41) is 13.4. The lowest BCUT2D eigenvalue weighted by Crippen LogP contribution is -2.43. The van der Waals surface area contributed by atoms with Crippen molar-refractivity contribution in [3.05, 3.63) is 88.7 Å². The van der Waals surface area contributed by atoms with Gasteiger partial charge < -0.3 is 15.2 Å². The summed E-state index contributed by atoms with van der Waals surface area (Å²) in [6, 6.07) is 15.4. The minimum absolute atomic E-state index is 0.114. The molecule has 0 saturated heterocycles. The summed E-state index contributed by atoms with van der Waals surface area (Å²) in [6.45, 7) is 12.9. The lowest BCUT2D eigenvalue weighted by Gasteiger charge is -2.41. The van der Waals surface area contributed by atoms with E-state index in [1.807, 2.05) is 12.1 Å². The van der Waals surface area contributed by atoms with Crippen LogP contribution in [0.25, 0.3) is 0 Å². The van der Waals surface area contributed by atoms with Gasteiger partial charge >= 0.3 is 0 Å². The Balaban J connectivity index is 1.52. The number of likely N-dealkylation sites (N-methyl/N-ethyl adjacent to an activating group) is 2. The first kappa shape index (κ1) is 26.5. The molecular formula is C32H44N2O2. The monoisotopic (exact) mass is 488 g/mol. The predicted molar refractivity (Wildman–Crippen MR) is 149 cm³/mol. The maximum atomic E-state index is 9.90. The molecule has 0 aromatic heterocycles. The van der Waals surface area contributed by atoms with Gasteiger partial charge in [0.15, 0.2) is 0 Å². The summed E-state index contributed by atoms with van der Waals surface area (Å²) in [4.78, 5) is 2.60. The molecule has 0 saturated carbocycles. The first-order valence-corrected chi connectivity index (χ1v) is 13.6. The highest BCUT2D eigenvalue weighted by Crippen LogP contribution is 2.38. The lowest BCUT2D eigenvalue weighted by molar-refractivity contribution is 0.147. The van der Waals surface area contributed by atoms with Crippen molar-refractivity contribution >= 4 is 0 Å². The van der Waals surface area contributed by atoms with Crippen LogP contribution in [0.4, 0.5) is 0 Å². The summed E-state index contributed by atoms with van der Waals surface area (Å²) in [5.74, 6) is 2.34. The number of phenols is 1. The van der Waals surface area contributed by atoms with E-state index in [0.717, 1.165) is 51.2 Å². The molecule has 0 bridgehead atoms. The van der Waals surface area contributed by atoms with Crippen LogP contribution in [0.5, 0.6) is 5.75 Å². The zero-order valence-corrected chi connectivity index (χ0v) is 22.8.